The van der Waals surface area contributed by atoms with Crippen molar-refractivity contribution in [2.45, 2.75) is 52.5 Å². The number of hydrogen-bond acceptors (Lipinski definition) is 2. The van der Waals surface area contributed by atoms with E-state index in [0.29, 0.717) is 11.3 Å². The van der Waals surface area contributed by atoms with E-state index in [1.807, 2.05) is 0 Å². The van der Waals surface area contributed by atoms with Crippen LogP contribution in [0.25, 0.3) is 0 Å². The van der Waals surface area contributed by atoms with Crippen LogP contribution in [0.2, 0.25) is 0 Å². The van der Waals surface area contributed by atoms with E-state index >= 15 is 0 Å². The van der Waals surface area contributed by atoms with Gasteiger partial charge in [0.1, 0.15) is 0 Å². The maximum Gasteiger partial charge on any atom is 0.315 e. The topological polar surface area (TPSA) is 61.4 Å². The van der Waals surface area contributed by atoms with Crippen LogP contribution in [0.4, 0.5) is 4.79 Å². The Bertz CT molecular complexity index is 250. The minimum Gasteiger partial charge on any atom is -0.394 e. The first-order valence-electron chi connectivity index (χ1n) is 6.63. The summed E-state index contributed by atoms with van der Waals surface area (Å²) in [5.74, 6) is 0.677. The minimum absolute atomic E-state index is 0.0233. The van der Waals surface area contributed by atoms with E-state index in [-0.39, 0.29) is 18.7 Å². The number of rotatable bonds is 6. The Morgan fingerprint density at radius 1 is 1.35 bits per heavy atom. The first-order valence-corrected chi connectivity index (χ1v) is 6.63. The van der Waals surface area contributed by atoms with Crippen LogP contribution >= 0.6 is 0 Å². The molecule has 0 aromatic rings. The van der Waals surface area contributed by atoms with Gasteiger partial charge in [0.2, 0.25) is 0 Å². The second-order valence-electron chi connectivity index (χ2n) is 5.86. The molecule has 4 heteroatoms. The number of nitrogens with one attached hydrogen (secondary N) is 2. The lowest BCUT2D eigenvalue weighted by molar-refractivity contribution is 0.100. The molecule has 0 aromatic heterocycles. The van der Waals surface area contributed by atoms with Gasteiger partial charge in [-0.15, -0.1) is 0 Å². The third-order valence-corrected chi connectivity index (χ3v) is 3.53. The van der Waals surface area contributed by atoms with Crippen LogP contribution in [-0.4, -0.2) is 30.3 Å². The van der Waals surface area contributed by atoms with Crippen LogP contribution in [0.1, 0.15) is 46.5 Å². The third kappa shape index (κ3) is 4.54. The van der Waals surface area contributed by atoms with Gasteiger partial charge < -0.3 is 15.7 Å². The Kier molecular flexibility index (Phi) is 5.25. The number of hydrogen-bond donors (Lipinski definition) is 3. The fourth-order valence-electron chi connectivity index (χ4n) is 2.58. The van der Waals surface area contributed by atoms with Crippen LogP contribution < -0.4 is 10.6 Å². The second kappa shape index (κ2) is 6.24. The van der Waals surface area contributed by atoms with Crippen molar-refractivity contribution in [3.63, 3.8) is 0 Å². The number of urea groups is 1. The lowest BCUT2D eigenvalue weighted by atomic mass is 9.64. The Labute approximate surface area is 104 Å². The van der Waals surface area contributed by atoms with Crippen LogP contribution in [0.15, 0.2) is 0 Å². The molecule has 1 aliphatic rings. The van der Waals surface area contributed by atoms with E-state index in [0.717, 1.165) is 6.54 Å². The summed E-state index contributed by atoms with van der Waals surface area (Å²) >= 11 is 0. The normalized spacial score (nSPS) is 19.6. The molecule has 0 heterocycles. The summed E-state index contributed by atoms with van der Waals surface area (Å²) in [5, 5.41) is 14.5. The zero-order chi connectivity index (χ0) is 12.9. The predicted molar refractivity (Wildman–Crippen MR) is 68.8 cm³/mol. The molecule has 17 heavy (non-hydrogen) atoms. The van der Waals surface area contributed by atoms with E-state index in [1.165, 1.54) is 25.7 Å². The van der Waals surface area contributed by atoms with E-state index in [9.17, 15) is 4.79 Å². The highest BCUT2D eigenvalue weighted by Gasteiger charge is 2.37. The molecule has 0 aliphatic heterocycles. The molecular weight excluding hydrogens is 216 g/mol. The lowest BCUT2D eigenvalue weighted by Crippen LogP contribution is -2.48. The van der Waals surface area contributed by atoms with Gasteiger partial charge in [-0.3, -0.25) is 0 Å². The summed E-state index contributed by atoms with van der Waals surface area (Å²) in [6.45, 7) is 6.98. The van der Waals surface area contributed by atoms with Crippen molar-refractivity contribution < 1.29 is 9.90 Å². The quantitative estimate of drug-likeness (QED) is 0.666. The molecule has 0 unspecified atom stereocenters. The molecule has 4 nitrogen and oxygen atoms in total. The highest BCUT2D eigenvalue weighted by molar-refractivity contribution is 5.74. The van der Waals surface area contributed by atoms with Gasteiger partial charge >= 0.3 is 6.03 Å². The summed E-state index contributed by atoms with van der Waals surface area (Å²) in [6.07, 6.45) is 4.91. The molecular formula is C13H26N2O2. The largest absolute Gasteiger partial charge is 0.394 e. The fourth-order valence-corrected chi connectivity index (χ4v) is 2.58. The van der Waals surface area contributed by atoms with Gasteiger partial charge in [0.15, 0.2) is 0 Å². The lowest BCUT2D eigenvalue weighted by Gasteiger charge is -2.43. The van der Waals surface area contributed by atoms with Crippen molar-refractivity contribution in [2.75, 3.05) is 13.2 Å². The summed E-state index contributed by atoms with van der Waals surface area (Å²) in [7, 11) is 0. The van der Waals surface area contributed by atoms with Gasteiger partial charge in [0, 0.05) is 6.54 Å². The van der Waals surface area contributed by atoms with Crippen LogP contribution in [0, 0.1) is 11.3 Å². The van der Waals surface area contributed by atoms with E-state index in [4.69, 9.17) is 5.11 Å². The van der Waals surface area contributed by atoms with E-state index in [1.54, 1.807) is 6.92 Å². The Morgan fingerprint density at radius 2 is 2.00 bits per heavy atom. The van der Waals surface area contributed by atoms with Gasteiger partial charge in [-0.05, 0) is 37.5 Å². The molecule has 1 aliphatic carbocycles. The van der Waals surface area contributed by atoms with Crippen molar-refractivity contribution in [1.29, 1.82) is 0 Å². The average molecular weight is 242 g/mol. The molecule has 100 valence electrons. The summed E-state index contributed by atoms with van der Waals surface area (Å²) in [6, 6.07) is -0.348. The monoisotopic (exact) mass is 242 g/mol. The van der Waals surface area contributed by atoms with Crippen LogP contribution in [0.5, 0.6) is 0 Å². The zero-order valence-corrected chi connectivity index (χ0v) is 11.3. The standard InChI is InChI=1S/C13H26N2O2/c1-10(2)7-13(5-4-6-13)9-14-12(17)15-11(3)8-16/h10-11,16H,4-9H2,1-3H3,(H2,14,15,17)/t11-/m0/s1. The number of amides is 2. The number of carbonyl (C=O) groups excluding carboxylic acids is 1. The molecule has 0 radical (unpaired) electrons. The van der Waals surface area contributed by atoms with Crippen molar-refractivity contribution in [3.8, 4) is 0 Å². The molecule has 1 rings (SSSR count). The average Bonchev–Trinajstić information content (AvgIpc) is 2.21. The van der Waals surface area contributed by atoms with Crippen molar-refractivity contribution in [2.24, 2.45) is 11.3 Å². The molecule has 3 N–H and O–H groups in total. The minimum atomic E-state index is -0.183. The zero-order valence-electron chi connectivity index (χ0n) is 11.3. The molecule has 0 spiro atoms. The Morgan fingerprint density at radius 3 is 2.41 bits per heavy atom. The van der Waals surface area contributed by atoms with Gasteiger partial charge in [0.25, 0.3) is 0 Å². The van der Waals surface area contributed by atoms with Crippen LogP contribution in [0.3, 0.4) is 0 Å². The number of carbonyl (C=O) groups is 1. The number of aliphatic hydroxyl groups excluding tert-OH is 1. The summed E-state index contributed by atoms with van der Waals surface area (Å²) in [5.41, 5.74) is 0.327. The number of aliphatic hydroxyl groups is 1. The van der Waals surface area contributed by atoms with Crippen molar-refractivity contribution in [1.82, 2.24) is 10.6 Å². The first kappa shape index (κ1) is 14.3. The Balaban J connectivity index is 2.30. The summed E-state index contributed by atoms with van der Waals surface area (Å²) < 4.78 is 0. The van der Waals surface area contributed by atoms with Gasteiger partial charge in [-0.1, -0.05) is 20.3 Å². The predicted octanol–water partition coefficient (Wildman–Crippen LogP) is 1.88. The van der Waals surface area contributed by atoms with Gasteiger partial charge in [-0.2, -0.15) is 0 Å². The highest BCUT2D eigenvalue weighted by atomic mass is 16.3. The van der Waals surface area contributed by atoms with E-state index in [2.05, 4.69) is 24.5 Å². The fraction of sp³-hybridized carbons (Fsp3) is 0.923. The smallest absolute Gasteiger partial charge is 0.315 e. The SMILES string of the molecule is CC(C)CC1(CNC(=O)N[C@@H](C)CO)CCC1. The van der Waals surface area contributed by atoms with Crippen LogP contribution in [-0.2, 0) is 0 Å². The van der Waals surface area contributed by atoms with Crippen molar-refractivity contribution >= 4 is 6.03 Å². The Hall–Kier alpha value is -0.770. The molecule has 1 atom stereocenters. The third-order valence-electron chi connectivity index (χ3n) is 3.53. The van der Waals surface area contributed by atoms with E-state index < -0.39 is 0 Å². The maximum absolute atomic E-state index is 11.6. The maximum atomic E-state index is 11.6. The molecule has 2 amide bonds. The highest BCUT2D eigenvalue weighted by Crippen LogP contribution is 2.45. The molecule has 0 bridgehead atoms. The van der Waals surface area contributed by atoms with Gasteiger partial charge in [0.05, 0.1) is 12.6 Å². The van der Waals surface area contributed by atoms with Crippen molar-refractivity contribution in [3.05, 3.63) is 0 Å². The summed E-state index contributed by atoms with van der Waals surface area (Å²) in [4.78, 5) is 11.6. The molecule has 0 aromatic carbocycles. The molecule has 1 fully saturated rings. The molecule has 1 saturated carbocycles. The first-order chi connectivity index (χ1) is 7.97. The molecule has 0 saturated heterocycles. The van der Waals surface area contributed by atoms with Gasteiger partial charge in [-0.25, -0.2) is 4.79 Å². The second-order valence-corrected chi connectivity index (χ2v) is 5.86.